The number of nitriles is 1. The first kappa shape index (κ1) is 34.5. The van der Waals surface area contributed by atoms with Gasteiger partial charge < -0.3 is 0 Å². The quantitative estimate of drug-likeness (QED) is 0.163. The second-order valence-corrected chi connectivity index (χ2v) is 14.4. The lowest BCUT2D eigenvalue weighted by Gasteiger charge is -2.16. The Morgan fingerprint density at radius 3 is 1.41 bits per heavy atom. The van der Waals surface area contributed by atoms with Crippen molar-refractivity contribution in [3.63, 3.8) is 0 Å². The van der Waals surface area contributed by atoms with Crippen LogP contribution in [0.2, 0.25) is 0 Å². The van der Waals surface area contributed by atoms with E-state index in [9.17, 15) is 5.26 Å². The van der Waals surface area contributed by atoms with Crippen molar-refractivity contribution < 1.29 is 0 Å². The summed E-state index contributed by atoms with van der Waals surface area (Å²) in [6.07, 6.45) is 0. The van der Waals surface area contributed by atoms with Gasteiger partial charge in [0.15, 0.2) is 17.5 Å². The molecule has 0 saturated carbocycles. The SMILES string of the molecule is N#Cc1cccc(-c2ccc(-c3c(-c4ccc5ccc(-c6ccc(-c7nc(-c8ccccc8)nc(-c8ccccc8)n7)cc6)cc5c4)ccc4ccccc34)cc2)c1. The standard InChI is InChI=1S/C54H34N4/c55-35-36-10-9-16-45(32-36)37-18-24-41(25-19-37)51-49-17-8-7-11-40(49)30-31-50(51)47-29-23-39-22-28-46(33-48(39)34-47)38-20-26-44(27-21-38)54-57-52(42-12-3-1-4-13-42)56-53(58-54)43-14-5-2-6-15-43/h1-34H. The molecule has 0 amide bonds. The first-order chi connectivity index (χ1) is 28.7. The number of benzene rings is 9. The van der Waals surface area contributed by atoms with Crippen LogP contribution in [-0.4, -0.2) is 15.0 Å². The molecule has 0 saturated heterocycles. The lowest BCUT2D eigenvalue weighted by molar-refractivity contribution is 1.07. The van der Waals surface area contributed by atoms with Crippen LogP contribution in [0.4, 0.5) is 0 Å². The van der Waals surface area contributed by atoms with Gasteiger partial charge in [0, 0.05) is 16.7 Å². The third-order valence-electron chi connectivity index (χ3n) is 10.8. The minimum atomic E-state index is 0.636. The van der Waals surface area contributed by atoms with Crippen LogP contribution in [0, 0.1) is 11.3 Å². The monoisotopic (exact) mass is 738 g/mol. The van der Waals surface area contributed by atoms with Gasteiger partial charge in [0.2, 0.25) is 0 Å². The highest BCUT2D eigenvalue weighted by atomic mass is 15.0. The van der Waals surface area contributed by atoms with Gasteiger partial charge in [-0.15, -0.1) is 0 Å². The maximum atomic E-state index is 9.45. The molecule has 10 rings (SSSR count). The molecule has 0 bridgehead atoms. The van der Waals surface area contributed by atoms with Gasteiger partial charge in [-0.25, -0.2) is 15.0 Å². The van der Waals surface area contributed by atoms with Gasteiger partial charge in [0.25, 0.3) is 0 Å². The highest BCUT2D eigenvalue weighted by molar-refractivity contribution is 6.05. The van der Waals surface area contributed by atoms with Crippen molar-refractivity contribution in [1.29, 1.82) is 5.26 Å². The minimum absolute atomic E-state index is 0.636. The smallest absolute Gasteiger partial charge is 0.164 e. The van der Waals surface area contributed by atoms with E-state index in [0.29, 0.717) is 23.0 Å². The Morgan fingerprint density at radius 1 is 0.310 bits per heavy atom. The van der Waals surface area contributed by atoms with Gasteiger partial charge in [-0.1, -0.05) is 182 Å². The van der Waals surface area contributed by atoms with Crippen molar-refractivity contribution in [2.75, 3.05) is 0 Å². The zero-order chi connectivity index (χ0) is 38.8. The molecule has 9 aromatic carbocycles. The summed E-state index contributed by atoms with van der Waals surface area (Å²) in [7, 11) is 0. The molecule has 1 aromatic heterocycles. The van der Waals surface area contributed by atoms with Crippen molar-refractivity contribution in [3.8, 4) is 84.7 Å². The minimum Gasteiger partial charge on any atom is -0.208 e. The summed E-state index contributed by atoms with van der Waals surface area (Å²) in [5, 5.41) is 14.2. The number of hydrogen-bond donors (Lipinski definition) is 0. The lowest BCUT2D eigenvalue weighted by Crippen LogP contribution is -2.00. The Bertz CT molecular complexity index is 3090. The van der Waals surface area contributed by atoms with E-state index in [1.54, 1.807) is 0 Å². The van der Waals surface area contributed by atoms with Crippen LogP contribution in [0.15, 0.2) is 206 Å². The van der Waals surface area contributed by atoms with E-state index in [-0.39, 0.29) is 0 Å². The third-order valence-corrected chi connectivity index (χ3v) is 10.8. The van der Waals surface area contributed by atoms with E-state index < -0.39 is 0 Å². The fraction of sp³-hybridized carbons (Fsp3) is 0. The Hall–Kier alpha value is -8.00. The average molecular weight is 739 g/mol. The fourth-order valence-electron chi connectivity index (χ4n) is 7.76. The van der Waals surface area contributed by atoms with Crippen molar-refractivity contribution in [2.24, 2.45) is 0 Å². The molecule has 0 atom stereocenters. The van der Waals surface area contributed by atoms with Crippen LogP contribution in [0.3, 0.4) is 0 Å². The summed E-state index contributed by atoms with van der Waals surface area (Å²) >= 11 is 0. The van der Waals surface area contributed by atoms with Crippen LogP contribution >= 0.6 is 0 Å². The third kappa shape index (κ3) is 6.68. The molecule has 0 unspecified atom stereocenters. The van der Waals surface area contributed by atoms with E-state index in [1.807, 2.05) is 78.9 Å². The van der Waals surface area contributed by atoms with Crippen LogP contribution < -0.4 is 0 Å². The molecule has 0 fully saturated rings. The van der Waals surface area contributed by atoms with E-state index in [1.165, 1.54) is 32.7 Å². The van der Waals surface area contributed by atoms with Gasteiger partial charge in [0.05, 0.1) is 11.6 Å². The predicted molar refractivity (Wildman–Crippen MR) is 238 cm³/mol. The molecule has 0 aliphatic rings. The molecule has 0 spiro atoms. The molecule has 0 radical (unpaired) electrons. The van der Waals surface area contributed by atoms with E-state index in [2.05, 4.69) is 133 Å². The summed E-state index contributed by atoms with van der Waals surface area (Å²) < 4.78 is 0. The largest absolute Gasteiger partial charge is 0.208 e. The van der Waals surface area contributed by atoms with E-state index in [4.69, 9.17) is 15.0 Å². The second-order valence-electron chi connectivity index (χ2n) is 14.4. The average Bonchev–Trinajstić information content (AvgIpc) is 3.31. The molecule has 10 aromatic rings. The van der Waals surface area contributed by atoms with Crippen molar-refractivity contribution in [2.45, 2.75) is 0 Å². The normalized spacial score (nSPS) is 11.1. The Balaban J connectivity index is 1.01. The lowest BCUT2D eigenvalue weighted by atomic mass is 9.88. The summed E-state index contributed by atoms with van der Waals surface area (Å²) in [5.74, 6) is 1.93. The molecule has 0 aliphatic heterocycles. The van der Waals surface area contributed by atoms with Crippen molar-refractivity contribution in [1.82, 2.24) is 15.0 Å². The molecule has 0 aliphatic carbocycles. The summed E-state index contributed by atoms with van der Waals surface area (Å²) in [6.45, 7) is 0. The van der Waals surface area contributed by atoms with Gasteiger partial charge in [0.1, 0.15) is 0 Å². The molecule has 58 heavy (non-hydrogen) atoms. The molecule has 1 heterocycles. The van der Waals surface area contributed by atoms with Crippen molar-refractivity contribution >= 4 is 21.5 Å². The highest BCUT2D eigenvalue weighted by Gasteiger charge is 2.15. The molecule has 0 N–H and O–H groups in total. The van der Waals surface area contributed by atoms with Gasteiger partial charge in [-0.3, -0.25) is 0 Å². The predicted octanol–water partition coefficient (Wildman–Crippen LogP) is 13.7. The Labute approximate surface area is 337 Å². The number of nitrogens with zero attached hydrogens (tertiary/aromatic N) is 4. The van der Waals surface area contributed by atoms with Crippen LogP contribution in [0.5, 0.6) is 0 Å². The van der Waals surface area contributed by atoms with Gasteiger partial charge >= 0.3 is 0 Å². The van der Waals surface area contributed by atoms with Crippen LogP contribution in [0.1, 0.15) is 5.56 Å². The van der Waals surface area contributed by atoms with Crippen LogP contribution in [0.25, 0.3) is 100 Å². The highest BCUT2D eigenvalue weighted by Crippen LogP contribution is 2.40. The summed E-state index contributed by atoms with van der Waals surface area (Å²) in [6, 6.07) is 73.8. The molecule has 4 nitrogen and oxygen atoms in total. The maximum absolute atomic E-state index is 9.45. The van der Waals surface area contributed by atoms with Gasteiger partial charge in [-0.05, 0) is 90.3 Å². The second kappa shape index (κ2) is 14.9. The van der Waals surface area contributed by atoms with Crippen LogP contribution in [-0.2, 0) is 0 Å². The number of aromatic nitrogens is 3. The molecule has 270 valence electrons. The maximum Gasteiger partial charge on any atom is 0.164 e. The molecular weight excluding hydrogens is 705 g/mol. The fourth-order valence-corrected chi connectivity index (χ4v) is 7.76. The zero-order valence-corrected chi connectivity index (χ0v) is 31.4. The molecule has 4 heteroatoms. The summed E-state index contributed by atoms with van der Waals surface area (Å²) in [4.78, 5) is 14.7. The topological polar surface area (TPSA) is 62.5 Å². The summed E-state index contributed by atoms with van der Waals surface area (Å²) in [5.41, 5.74) is 12.5. The first-order valence-electron chi connectivity index (χ1n) is 19.3. The Kier molecular flexibility index (Phi) is 8.87. The van der Waals surface area contributed by atoms with Gasteiger partial charge in [-0.2, -0.15) is 5.26 Å². The Morgan fingerprint density at radius 2 is 0.776 bits per heavy atom. The van der Waals surface area contributed by atoms with E-state index in [0.717, 1.165) is 50.1 Å². The first-order valence-corrected chi connectivity index (χ1v) is 19.3. The van der Waals surface area contributed by atoms with Crippen molar-refractivity contribution in [3.05, 3.63) is 212 Å². The number of rotatable bonds is 7. The number of hydrogen-bond acceptors (Lipinski definition) is 4. The van der Waals surface area contributed by atoms with E-state index >= 15 is 0 Å². The number of fused-ring (bicyclic) bond motifs is 2. The zero-order valence-electron chi connectivity index (χ0n) is 31.4. The molecular formula is C54H34N4.